The van der Waals surface area contributed by atoms with Gasteiger partial charge in [0.1, 0.15) is 0 Å². The molecule has 1 fully saturated rings. The fourth-order valence-electron chi connectivity index (χ4n) is 2.32. The lowest BCUT2D eigenvalue weighted by molar-refractivity contribution is 0.0195. The van der Waals surface area contributed by atoms with Gasteiger partial charge in [-0.05, 0) is 18.4 Å². The van der Waals surface area contributed by atoms with Gasteiger partial charge in [-0.3, -0.25) is 0 Å². The number of likely N-dealkylation sites (tertiary alicyclic amines) is 1. The van der Waals surface area contributed by atoms with Crippen LogP contribution in [0.1, 0.15) is 18.4 Å². The number of carboxylic acid groups (broad SMARTS) is 1. The van der Waals surface area contributed by atoms with Crippen LogP contribution in [0, 0.1) is 0 Å². The van der Waals surface area contributed by atoms with E-state index in [1.165, 1.54) is 4.90 Å². The number of rotatable bonds is 3. The van der Waals surface area contributed by atoms with Gasteiger partial charge in [0.05, 0.1) is 12.7 Å². The van der Waals surface area contributed by atoms with Gasteiger partial charge in [0.25, 0.3) is 0 Å². The zero-order valence-electron chi connectivity index (χ0n) is 10.9. The molecule has 1 aliphatic rings. The molecule has 104 valence electrons. The minimum atomic E-state index is -0.904. The number of hydrogen-bond donors (Lipinski definition) is 2. The Labute approximate surface area is 113 Å². The van der Waals surface area contributed by atoms with Crippen LogP contribution in [0.15, 0.2) is 30.3 Å². The van der Waals surface area contributed by atoms with Gasteiger partial charge < -0.3 is 20.5 Å². The quantitative estimate of drug-likeness (QED) is 0.870. The minimum absolute atomic E-state index is 0.0791. The maximum Gasteiger partial charge on any atom is 0.407 e. The lowest BCUT2D eigenvalue weighted by Gasteiger charge is -2.24. The molecule has 1 aliphatic heterocycles. The lowest BCUT2D eigenvalue weighted by atomic mass is 10.1. The number of benzene rings is 1. The highest BCUT2D eigenvalue weighted by atomic mass is 16.5. The van der Waals surface area contributed by atoms with E-state index in [2.05, 4.69) is 0 Å². The Morgan fingerprint density at radius 1 is 1.42 bits per heavy atom. The Morgan fingerprint density at radius 2 is 2.16 bits per heavy atom. The van der Waals surface area contributed by atoms with Crippen molar-refractivity contribution in [2.45, 2.75) is 31.6 Å². The van der Waals surface area contributed by atoms with Crippen molar-refractivity contribution in [2.24, 2.45) is 5.73 Å². The smallest absolute Gasteiger partial charge is 0.407 e. The molecule has 0 saturated carbocycles. The van der Waals surface area contributed by atoms with E-state index in [1.807, 2.05) is 30.3 Å². The van der Waals surface area contributed by atoms with Crippen molar-refractivity contribution in [1.82, 2.24) is 4.90 Å². The van der Waals surface area contributed by atoms with Crippen molar-refractivity contribution in [1.29, 1.82) is 0 Å². The van der Waals surface area contributed by atoms with Crippen LogP contribution in [0.25, 0.3) is 0 Å². The van der Waals surface area contributed by atoms with Gasteiger partial charge in [-0.15, -0.1) is 0 Å². The Kier molecular flexibility index (Phi) is 4.76. The molecule has 5 heteroatoms. The minimum Gasteiger partial charge on any atom is -0.465 e. The van der Waals surface area contributed by atoms with Crippen LogP contribution in [0.5, 0.6) is 0 Å². The summed E-state index contributed by atoms with van der Waals surface area (Å²) in [7, 11) is 0. The number of hydrogen-bond acceptors (Lipinski definition) is 3. The Hall–Kier alpha value is -1.59. The van der Waals surface area contributed by atoms with E-state index >= 15 is 0 Å². The maximum atomic E-state index is 11.0. The number of amides is 1. The SMILES string of the molecule is NC1CN(C(=O)O)CCCC1OCc1ccccc1. The molecule has 0 radical (unpaired) electrons. The number of carbonyl (C=O) groups is 1. The zero-order chi connectivity index (χ0) is 13.7. The van der Waals surface area contributed by atoms with E-state index in [0.29, 0.717) is 19.7 Å². The van der Waals surface area contributed by atoms with Gasteiger partial charge in [-0.2, -0.15) is 0 Å². The predicted molar refractivity (Wildman–Crippen MR) is 71.8 cm³/mol. The van der Waals surface area contributed by atoms with E-state index < -0.39 is 6.09 Å². The highest BCUT2D eigenvalue weighted by molar-refractivity contribution is 5.65. The molecule has 0 aliphatic carbocycles. The van der Waals surface area contributed by atoms with Crippen LogP contribution >= 0.6 is 0 Å². The Bertz CT molecular complexity index is 410. The lowest BCUT2D eigenvalue weighted by Crippen LogP contribution is -2.45. The van der Waals surface area contributed by atoms with Crippen molar-refractivity contribution in [3.63, 3.8) is 0 Å². The van der Waals surface area contributed by atoms with Gasteiger partial charge in [0, 0.05) is 19.1 Å². The zero-order valence-corrected chi connectivity index (χ0v) is 10.9. The molecule has 0 bridgehead atoms. The normalized spacial score (nSPS) is 23.9. The topological polar surface area (TPSA) is 75.8 Å². The summed E-state index contributed by atoms with van der Waals surface area (Å²) >= 11 is 0. The van der Waals surface area contributed by atoms with Crippen LogP contribution < -0.4 is 5.73 Å². The van der Waals surface area contributed by atoms with Crippen LogP contribution in [-0.2, 0) is 11.3 Å². The molecular formula is C14H20N2O3. The third-order valence-electron chi connectivity index (χ3n) is 3.40. The van der Waals surface area contributed by atoms with Crippen LogP contribution in [0.3, 0.4) is 0 Å². The van der Waals surface area contributed by atoms with E-state index in [-0.39, 0.29) is 12.1 Å². The van der Waals surface area contributed by atoms with Crippen molar-refractivity contribution >= 4 is 6.09 Å². The predicted octanol–water partition coefficient (Wildman–Crippen LogP) is 1.67. The van der Waals surface area contributed by atoms with Gasteiger partial charge in [-0.1, -0.05) is 30.3 Å². The summed E-state index contributed by atoms with van der Waals surface area (Å²) in [6, 6.07) is 9.65. The second kappa shape index (κ2) is 6.54. The molecule has 5 nitrogen and oxygen atoms in total. The standard InChI is InChI=1S/C14H20N2O3/c15-12-9-16(14(17)18)8-4-7-13(12)19-10-11-5-2-1-3-6-11/h1-3,5-6,12-13H,4,7-10,15H2,(H,17,18). The first-order valence-electron chi connectivity index (χ1n) is 6.56. The van der Waals surface area contributed by atoms with Gasteiger partial charge >= 0.3 is 6.09 Å². The molecule has 1 aromatic rings. The Morgan fingerprint density at radius 3 is 2.84 bits per heavy atom. The summed E-state index contributed by atoms with van der Waals surface area (Å²) in [6.45, 7) is 1.40. The second-order valence-electron chi connectivity index (χ2n) is 4.87. The maximum absolute atomic E-state index is 11.0. The van der Waals surface area contributed by atoms with Crippen molar-refractivity contribution in [2.75, 3.05) is 13.1 Å². The molecule has 1 heterocycles. The van der Waals surface area contributed by atoms with Gasteiger partial charge in [0.15, 0.2) is 0 Å². The molecule has 0 aromatic heterocycles. The van der Waals surface area contributed by atoms with E-state index in [0.717, 1.165) is 18.4 Å². The number of ether oxygens (including phenoxy) is 1. The molecule has 1 amide bonds. The molecule has 0 spiro atoms. The first-order valence-corrected chi connectivity index (χ1v) is 6.56. The van der Waals surface area contributed by atoms with Crippen molar-refractivity contribution in [3.8, 4) is 0 Å². The summed E-state index contributed by atoms with van der Waals surface area (Å²) in [5.74, 6) is 0. The van der Waals surface area contributed by atoms with Crippen molar-refractivity contribution < 1.29 is 14.6 Å². The molecule has 1 saturated heterocycles. The molecule has 2 unspecified atom stereocenters. The molecule has 19 heavy (non-hydrogen) atoms. The third kappa shape index (κ3) is 3.94. The van der Waals surface area contributed by atoms with E-state index in [1.54, 1.807) is 0 Å². The number of nitrogens with two attached hydrogens (primary N) is 1. The average molecular weight is 264 g/mol. The van der Waals surface area contributed by atoms with E-state index in [9.17, 15) is 4.79 Å². The van der Waals surface area contributed by atoms with Gasteiger partial charge in [0.2, 0.25) is 0 Å². The van der Waals surface area contributed by atoms with E-state index in [4.69, 9.17) is 15.6 Å². The van der Waals surface area contributed by atoms with Crippen LogP contribution in [0.4, 0.5) is 4.79 Å². The fraction of sp³-hybridized carbons (Fsp3) is 0.500. The summed E-state index contributed by atoms with van der Waals surface area (Å²) in [6.07, 6.45) is 0.612. The highest BCUT2D eigenvalue weighted by Crippen LogP contribution is 2.15. The summed E-state index contributed by atoms with van der Waals surface area (Å²) in [5, 5.41) is 9.00. The fourth-order valence-corrected chi connectivity index (χ4v) is 2.32. The first kappa shape index (κ1) is 13.8. The molecular weight excluding hydrogens is 244 g/mol. The molecule has 2 rings (SSSR count). The Balaban J connectivity index is 1.88. The second-order valence-corrected chi connectivity index (χ2v) is 4.87. The largest absolute Gasteiger partial charge is 0.465 e. The summed E-state index contributed by atoms with van der Waals surface area (Å²) in [5.41, 5.74) is 7.15. The number of nitrogens with zero attached hydrogens (tertiary/aromatic N) is 1. The van der Waals surface area contributed by atoms with Crippen LogP contribution in [0.2, 0.25) is 0 Å². The van der Waals surface area contributed by atoms with Crippen LogP contribution in [-0.4, -0.2) is 41.3 Å². The summed E-state index contributed by atoms with van der Waals surface area (Å²) in [4.78, 5) is 12.3. The van der Waals surface area contributed by atoms with Crippen molar-refractivity contribution in [3.05, 3.63) is 35.9 Å². The third-order valence-corrected chi connectivity index (χ3v) is 3.40. The average Bonchev–Trinajstić information content (AvgIpc) is 2.60. The van der Waals surface area contributed by atoms with Gasteiger partial charge in [-0.25, -0.2) is 4.79 Å². The molecule has 3 N–H and O–H groups in total. The first-order chi connectivity index (χ1) is 9.16. The molecule has 2 atom stereocenters. The monoisotopic (exact) mass is 264 g/mol. The summed E-state index contributed by atoms with van der Waals surface area (Å²) < 4.78 is 5.84. The molecule has 1 aromatic carbocycles. The highest BCUT2D eigenvalue weighted by Gasteiger charge is 2.27.